The molecule has 8 nitrogen and oxygen atoms in total. The number of piperidine rings is 1. The predicted molar refractivity (Wildman–Crippen MR) is 136 cm³/mol. The van der Waals surface area contributed by atoms with Crippen LogP contribution in [0.25, 0.3) is 16.6 Å². The highest BCUT2D eigenvalue weighted by atomic mass is 79.9. The Kier molecular flexibility index (Phi) is 5.69. The van der Waals surface area contributed by atoms with Crippen LogP contribution in [0, 0.1) is 0 Å². The number of likely N-dealkylation sites (tertiary alicyclic amines) is 1. The number of para-hydroxylation sites is 1. The summed E-state index contributed by atoms with van der Waals surface area (Å²) < 4.78 is 8.46. The van der Waals surface area contributed by atoms with E-state index in [0.717, 1.165) is 51.0 Å². The average Bonchev–Trinajstić information content (AvgIpc) is 3.51. The zero-order valence-electron chi connectivity index (χ0n) is 18.9. The highest BCUT2D eigenvalue weighted by Crippen LogP contribution is 2.31. The Bertz CT molecular complexity index is 1480. The molecule has 1 aromatic carbocycles. The molecule has 6 rings (SSSR count). The third kappa shape index (κ3) is 4.27. The molecular weight excluding hydrogens is 508 g/mol. The van der Waals surface area contributed by atoms with Gasteiger partial charge < -0.3 is 14.6 Å². The van der Waals surface area contributed by atoms with E-state index in [2.05, 4.69) is 31.3 Å². The highest BCUT2D eigenvalue weighted by molar-refractivity contribution is 9.10. The van der Waals surface area contributed by atoms with Gasteiger partial charge in [0.1, 0.15) is 11.4 Å². The number of carbonyl (C=O) groups excluding carboxylic acids is 1. The molecule has 35 heavy (non-hydrogen) atoms. The summed E-state index contributed by atoms with van der Waals surface area (Å²) in [5.74, 6) is 1.27. The molecule has 1 amide bonds. The zero-order valence-corrected chi connectivity index (χ0v) is 20.5. The maximum absolute atomic E-state index is 13.3. The van der Waals surface area contributed by atoms with Gasteiger partial charge in [-0.1, -0.05) is 24.3 Å². The summed E-state index contributed by atoms with van der Waals surface area (Å²) in [5, 5.41) is 8.88. The Balaban J connectivity index is 1.27. The standard InChI is InChI=1S/C26H23BrN6O2/c27-20-15-30-33-24(29-14-17-5-3-9-28-13-17)12-21(31-25(20)33)19-7-4-10-32(16-19)26(34)23-11-18-6-1-2-8-22(18)35-23/h1-3,5-6,8-9,11-13,15,19,29H,4,7,10,14,16H2. The van der Waals surface area contributed by atoms with Crippen molar-refractivity contribution in [3.8, 4) is 0 Å². The maximum Gasteiger partial charge on any atom is 0.289 e. The Morgan fingerprint density at radius 3 is 2.94 bits per heavy atom. The van der Waals surface area contributed by atoms with Gasteiger partial charge in [0.15, 0.2) is 11.4 Å². The average molecular weight is 531 g/mol. The summed E-state index contributed by atoms with van der Waals surface area (Å²) in [6.45, 7) is 1.91. The van der Waals surface area contributed by atoms with Crippen LogP contribution in [0.15, 0.2) is 76.0 Å². The molecule has 1 unspecified atom stereocenters. The number of benzene rings is 1. The molecule has 1 saturated heterocycles. The van der Waals surface area contributed by atoms with E-state index in [1.54, 1.807) is 16.9 Å². The van der Waals surface area contributed by atoms with Crippen molar-refractivity contribution in [2.75, 3.05) is 18.4 Å². The van der Waals surface area contributed by atoms with Crippen LogP contribution in [0.1, 0.15) is 40.6 Å². The number of anilines is 1. The number of hydrogen-bond acceptors (Lipinski definition) is 6. The number of nitrogens with zero attached hydrogens (tertiary/aromatic N) is 5. The van der Waals surface area contributed by atoms with E-state index in [1.807, 2.05) is 59.6 Å². The lowest BCUT2D eigenvalue weighted by atomic mass is 9.94. The van der Waals surface area contributed by atoms with E-state index in [4.69, 9.17) is 9.40 Å². The number of nitrogens with one attached hydrogen (secondary N) is 1. The van der Waals surface area contributed by atoms with Gasteiger partial charge in [-0.25, -0.2) is 4.98 Å². The first-order chi connectivity index (χ1) is 17.2. The molecule has 9 heteroatoms. The normalized spacial score (nSPS) is 16.1. The van der Waals surface area contributed by atoms with Crippen molar-refractivity contribution in [2.45, 2.75) is 25.3 Å². The highest BCUT2D eigenvalue weighted by Gasteiger charge is 2.29. The second kappa shape index (κ2) is 9.14. The minimum Gasteiger partial charge on any atom is -0.451 e. The molecule has 0 saturated carbocycles. The molecule has 0 aliphatic carbocycles. The molecule has 5 heterocycles. The summed E-state index contributed by atoms with van der Waals surface area (Å²) in [6.07, 6.45) is 7.22. The number of furan rings is 1. The van der Waals surface area contributed by atoms with E-state index in [1.165, 1.54) is 0 Å². The van der Waals surface area contributed by atoms with Crippen LogP contribution in [0.3, 0.4) is 0 Å². The van der Waals surface area contributed by atoms with Crippen LogP contribution in [0.5, 0.6) is 0 Å². The third-order valence-corrected chi connectivity index (χ3v) is 6.97. The molecular formula is C26H23BrN6O2. The molecule has 5 aromatic rings. The van der Waals surface area contributed by atoms with Crippen LogP contribution in [0.4, 0.5) is 5.82 Å². The molecule has 0 spiro atoms. The second-order valence-electron chi connectivity index (χ2n) is 8.75. The topological polar surface area (TPSA) is 88.6 Å². The molecule has 4 aromatic heterocycles. The number of amides is 1. The zero-order chi connectivity index (χ0) is 23.8. The van der Waals surface area contributed by atoms with Gasteiger partial charge in [-0.2, -0.15) is 9.61 Å². The monoisotopic (exact) mass is 530 g/mol. The number of aromatic nitrogens is 4. The lowest BCUT2D eigenvalue weighted by molar-refractivity contribution is 0.0676. The predicted octanol–water partition coefficient (Wildman–Crippen LogP) is 5.26. The van der Waals surface area contributed by atoms with Gasteiger partial charge in [0.2, 0.25) is 0 Å². The molecule has 1 N–H and O–H groups in total. The first kappa shape index (κ1) is 21.8. The van der Waals surface area contributed by atoms with E-state index < -0.39 is 0 Å². The van der Waals surface area contributed by atoms with Crippen LogP contribution in [-0.2, 0) is 6.54 Å². The van der Waals surface area contributed by atoms with Gasteiger partial charge in [-0.15, -0.1) is 0 Å². The molecule has 1 atom stereocenters. The van der Waals surface area contributed by atoms with E-state index >= 15 is 0 Å². The summed E-state index contributed by atoms with van der Waals surface area (Å²) in [7, 11) is 0. The van der Waals surface area contributed by atoms with Crippen molar-refractivity contribution in [1.29, 1.82) is 0 Å². The molecule has 1 fully saturated rings. The largest absolute Gasteiger partial charge is 0.451 e. The van der Waals surface area contributed by atoms with Gasteiger partial charge in [-0.3, -0.25) is 9.78 Å². The number of carbonyl (C=O) groups is 1. The number of rotatable bonds is 5. The Hall–Kier alpha value is -3.72. The summed E-state index contributed by atoms with van der Waals surface area (Å²) in [4.78, 5) is 24.3. The van der Waals surface area contributed by atoms with Crippen molar-refractivity contribution >= 4 is 44.3 Å². The van der Waals surface area contributed by atoms with E-state index in [-0.39, 0.29) is 11.8 Å². The Labute approximate surface area is 210 Å². The fourth-order valence-electron chi connectivity index (χ4n) is 4.63. The minimum absolute atomic E-state index is 0.0764. The quantitative estimate of drug-likeness (QED) is 0.333. The van der Waals surface area contributed by atoms with Crippen LogP contribution in [-0.4, -0.2) is 43.5 Å². The van der Waals surface area contributed by atoms with Crippen LogP contribution in [0.2, 0.25) is 0 Å². The fraction of sp³-hybridized carbons (Fsp3) is 0.231. The lowest BCUT2D eigenvalue weighted by Crippen LogP contribution is -2.39. The number of pyridine rings is 1. The van der Waals surface area contributed by atoms with Gasteiger partial charge in [0.05, 0.1) is 16.4 Å². The number of halogens is 1. The van der Waals surface area contributed by atoms with Gasteiger partial charge >= 0.3 is 0 Å². The third-order valence-electron chi connectivity index (χ3n) is 6.41. The fourth-order valence-corrected chi connectivity index (χ4v) is 4.98. The first-order valence-electron chi connectivity index (χ1n) is 11.6. The summed E-state index contributed by atoms with van der Waals surface area (Å²) in [5.41, 5.74) is 3.49. The minimum atomic E-state index is -0.0764. The second-order valence-corrected chi connectivity index (χ2v) is 9.60. The maximum atomic E-state index is 13.3. The van der Waals surface area contributed by atoms with Crippen molar-refractivity contribution < 1.29 is 9.21 Å². The van der Waals surface area contributed by atoms with Crippen molar-refractivity contribution in [2.24, 2.45) is 0 Å². The molecule has 1 aliphatic heterocycles. The molecule has 0 bridgehead atoms. The number of fused-ring (bicyclic) bond motifs is 2. The first-order valence-corrected chi connectivity index (χ1v) is 12.4. The molecule has 0 radical (unpaired) electrons. The van der Waals surface area contributed by atoms with Gasteiger partial charge in [0.25, 0.3) is 5.91 Å². The summed E-state index contributed by atoms with van der Waals surface area (Å²) in [6, 6.07) is 15.5. The molecule has 176 valence electrons. The van der Waals surface area contributed by atoms with Crippen LogP contribution < -0.4 is 5.32 Å². The lowest BCUT2D eigenvalue weighted by Gasteiger charge is -2.32. The Morgan fingerprint density at radius 2 is 2.09 bits per heavy atom. The van der Waals surface area contributed by atoms with Gasteiger partial charge in [0, 0.05) is 49.4 Å². The van der Waals surface area contributed by atoms with E-state index in [0.29, 0.717) is 25.4 Å². The van der Waals surface area contributed by atoms with E-state index in [9.17, 15) is 4.79 Å². The summed E-state index contributed by atoms with van der Waals surface area (Å²) >= 11 is 3.58. The SMILES string of the molecule is O=C(c1cc2ccccc2o1)N1CCCC(c2cc(NCc3cccnc3)n3ncc(Br)c3n2)C1. The van der Waals surface area contributed by atoms with Crippen molar-refractivity contribution in [3.05, 3.63) is 88.6 Å². The van der Waals surface area contributed by atoms with Crippen molar-refractivity contribution in [3.63, 3.8) is 0 Å². The van der Waals surface area contributed by atoms with Crippen LogP contribution >= 0.6 is 15.9 Å². The Morgan fingerprint density at radius 1 is 1.17 bits per heavy atom. The smallest absolute Gasteiger partial charge is 0.289 e. The van der Waals surface area contributed by atoms with Gasteiger partial charge in [-0.05, 0) is 52.5 Å². The number of hydrogen-bond donors (Lipinski definition) is 1. The van der Waals surface area contributed by atoms with Crippen molar-refractivity contribution in [1.82, 2.24) is 24.5 Å². The molecule has 1 aliphatic rings.